The standard InChI is InChI=1S/C13H16ClFO2/c1-13(2,3)12(17)11(16)6-8-4-5-9(14)7-10(8)15/h4-5,7,12,17H,6H2,1-3H3. The highest BCUT2D eigenvalue weighted by atomic mass is 35.5. The Morgan fingerprint density at radius 1 is 1.47 bits per heavy atom. The van der Waals surface area contributed by atoms with Gasteiger partial charge in [-0.3, -0.25) is 4.79 Å². The zero-order valence-electron chi connectivity index (χ0n) is 10.1. The smallest absolute Gasteiger partial charge is 0.166 e. The van der Waals surface area contributed by atoms with Gasteiger partial charge in [0.05, 0.1) is 0 Å². The van der Waals surface area contributed by atoms with Crippen LogP contribution in [-0.2, 0) is 11.2 Å². The van der Waals surface area contributed by atoms with Crippen LogP contribution in [0.5, 0.6) is 0 Å². The Labute approximate surface area is 105 Å². The van der Waals surface area contributed by atoms with Crippen LogP contribution in [0, 0.1) is 11.2 Å². The molecular weight excluding hydrogens is 243 g/mol. The molecule has 0 aliphatic rings. The largest absolute Gasteiger partial charge is 0.385 e. The summed E-state index contributed by atoms with van der Waals surface area (Å²) < 4.78 is 13.5. The first-order valence-electron chi connectivity index (χ1n) is 5.36. The highest BCUT2D eigenvalue weighted by Gasteiger charge is 2.29. The molecule has 1 aromatic rings. The molecule has 0 spiro atoms. The normalized spacial score (nSPS) is 13.5. The Morgan fingerprint density at radius 3 is 2.53 bits per heavy atom. The maximum Gasteiger partial charge on any atom is 0.166 e. The second kappa shape index (κ2) is 5.15. The molecule has 0 saturated heterocycles. The van der Waals surface area contributed by atoms with Gasteiger partial charge in [0, 0.05) is 11.4 Å². The molecule has 1 N–H and O–H groups in total. The van der Waals surface area contributed by atoms with Crippen LogP contribution >= 0.6 is 11.6 Å². The lowest BCUT2D eigenvalue weighted by Gasteiger charge is -2.24. The van der Waals surface area contributed by atoms with Crippen LogP contribution in [0.4, 0.5) is 4.39 Å². The van der Waals surface area contributed by atoms with Crippen LogP contribution < -0.4 is 0 Å². The molecule has 0 saturated carbocycles. The van der Waals surface area contributed by atoms with Gasteiger partial charge in [0.25, 0.3) is 0 Å². The average Bonchev–Trinajstić information content (AvgIpc) is 2.19. The Kier molecular flexibility index (Phi) is 4.28. The van der Waals surface area contributed by atoms with Gasteiger partial charge in [-0.15, -0.1) is 0 Å². The van der Waals surface area contributed by atoms with Gasteiger partial charge < -0.3 is 5.11 Å². The minimum atomic E-state index is -1.10. The molecule has 1 atom stereocenters. The number of hydrogen-bond donors (Lipinski definition) is 1. The number of halogens is 2. The number of ketones is 1. The van der Waals surface area contributed by atoms with Gasteiger partial charge in [-0.2, -0.15) is 0 Å². The Bertz CT molecular complexity index is 424. The molecule has 2 nitrogen and oxygen atoms in total. The first kappa shape index (κ1) is 14.1. The van der Waals surface area contributed by atoms with E-state index in [1.165, 1.54) is 12.1 Å². The number of Topliss-reactive ketones (excluding diaryl/α,β-unsaturated/α-hetero) is 1. The van der Waals surface area contributed by atoms with Gasteiger partial charge in [-0.05, 0) is 23.1 Å². The minimum absolute atomic E-state index is 0.124. The van der Waals surface area contributed by atoms with E-state index in [9.17, 15) is 14.3 Å². The van der Waals surface area contributed by atoms with E-state index in [4.69, 9.17) is 11.6 Å². The predicted molar refractivity (Wildman–Crippen MR) is 65.6 cm³/mol. The molecule has 0 heterocycles. The van der Waals surface area contributed by atoms with E-state index < -0.39 is 23.1 Å². The summed E-state index contributed by atoms with van der Waals surface area (Å²) in [6.07, 6.45) is -1.22. The molecule has 17 heavy (non-hydrogen) atoms. The quantitative estimate of drug-likeness (QED) is 0.905. The highest BCUT2D eigenvalue weighted by molar-refractivity contribution is 6.30. The van der Waals surface area contributed by atoms with Gasteiger partial charge in [0.1, 0.15) is 11.9 Å². The summed E-state index contributed by atoms with van der Waals surface area (Å²) >= 11 is 5.61. The summed E-state index contributed by atoms with van der Waals surface area (Å²) in [4.78, 5) is 11.7. The first-order valence-corrected chi connectivity index (χ1v) is 5.74. The number of carbonyl (C=O) groups is 1. The van der Waals surface area contributed by atoms with E-state index in [1.54, 1.807) is 20.8 Å². The van der Waals surface area contributed by atoms with E-state index in [0.717, 1.165) is 6.07 Å². The fourth-order valence-corrected chi connectivity index (χ4v) is 1.59. The molecule has 1 rings (SSSR count). The third kappa shape index (κ3) is 3.79. The zero-order chi connectivity index (χ0) is 13.2. The van der Waals surface area contributed by atoms with Crippen molar-refractivity contribution in [1.82, 2.24) is 0 Å². The van der Waals surface area contributed by atoms with E-state index in [2.05, 4.69) is 0 Å². The van der Waals surface area contributed by atoms with E-state index >= 15 is 0 Å². The fraction of sp³-hybridized carbons (Fsp3) is 0.462. The molecule has 4 heteroatoms. The molecule has 0 aliphatic carbocycles. The maximum atomic E-state index is 13.5. The topological polar surface area (TPSA) is 37.3 Å². The highest BCUT2D eigenvalue weighted by Crippen LogP contribution is 2.22. The number of hydrogen-bond acceptors (Lipinski definition) is 2. The summed E-state index contributed by atoms with van der Waals surface area (Å²) in [5.74, 6) is -0.911. The third-order valence-corrected chi connectivity index (χ3v) is 2.74. The molecule has 1 aromatic carbocycles. The van der Waals surface area contributed by atoms with Crippen LogP contribution in [0.1, 0.15) is 26.3 Å². The van der Waals surface area contributed by atoms with Crippen molar-refractivity contribution >= 4 is 17.4 Å². The van der Waals surface area contributed by atoms with Gasteiger partial charge >= 0.3 is 0 Å². The molecular formula is C13H16ClFO2. The monoisotopic (exact) mass is 258 g/mol. The third-order valence-electron chi connectivity index (χ3n) is 2.51. The molecule has 0 bridgehead atoms. The SMILES string of the molecule is CC(C)(C)C(O)C(=O)Cc1ccc(Cl)cc1F. The zero-order valence-corrected chi connectivity index (χ0v) is 10.9. The first-order chi connectivity index (χ1) is 7.71. The minimum Gasteiger partial charge on any atom is -0.385 e. The van der Waals surface area contributed by atoms with Gasteiger partial charge in [0.2, 0.25) is 0 Å². The Balaban J connectivity index is 2.82. The van der Waals surface area contributed by atoms with Gasteiger partial charge in [-0.25, -0.2) is 4.39 Å². The van der Waals surface area contributed by atoms with E-state index in [-0.39, 0.29) is 17.0 Å². The van der Waals surface area contributed by atoms with Crippen molar-refractivity contribution < 1.29 is 14.3 Å². The number of rotatable bonds is 3. The second-order valence-electron chi connectivity index (χ2n) is 5.15. The molecule has 0 radical (unpaired) electrons. The lowest BCUT2D eigenvalue weighted by Crippen LogP contribution is -2.35. The number of benzene rings is 1. The van der Waals surface area contributed by atoms with Crippen molar-refractivity contribution in [3.63, 3.8) is 0 Å². The van der Waals surface area contributed by atoms with Crippen molar-refractivity contribution in [3.8, 4) is 0 Å². The van der Waals surface area contributed by atoms with E-state index in [0.29, 0.717) is 0 Å². The number of aliphatic hydroxyl groups is 1. The van der Waals surface area contributed by atoms with Gasteiger partial charge in [-0.1, -0.05) is 38.4 Å². The molecule has 0 fully saturated rings. The van der Waals surface area contributed by atoms with Crippen molar-refractivity contribution in [2.75, 3.05) is 0 Å². The summed E-state index contributed by atoms with van der Waals surface area (Å²) in [6, 6.07) is 4.15. The molecule has 0 aliphatic heterocycles. The predicted octanol–water partition coefficient (Wildman–Crippen LogP) is 3.00. The number of carbonyl (C=O) groups excluding carboxylic acids is 1. The molecule has 94 valence electrons. The van der Waals surface area contributed by atoms with E-state index in [1.807, 2.05) is 0 Å². The lowest BCUT2D eigenvalue weighted by atomic mass is 9.85. The van der Waals surface area contributed by atoms with Crippen molar-refractivity contribution in [3.05, 3.63) is 34.6 Å². The maximum absolute atomic E-state index is 13.5. The Hall–Kier alpha value is -0.930. The van der Waals surface area contributed by atoms with Crippen LogP contribution in [0.3, 0.4) is 0 Å². The average molecular weight is 259 g/mol. The van der Waals surface area contributed by atoms with Crippen molar-refractivity contribution in [2.24, 2.45) is 5.41 Å². The number of aliphatic hydroxyl groups excluding tert-OH is 1. The lowest BCUT2D eigenvalue weighted by molar-refractivity contribution is -0.131. The summed E-state index contributed by atoms with van der Waals surface area (Å²) in [5.41, 5.74) is -0.289. The van der Waals surface area contributed by atoms with Crippen LogP contribution in [-0.4, -0.2) is 17.0 Å². The molecule has 0 amide bonds. The van der Waals surface area contributed by atoms with Crippen LogP contribution in [0.2, 0.25) is 5.02 Å². The summed E-state index contributed by atoms with van der Waals surface area (Å²) in [6.45, 7) is 5.27. The summed E-state index contributed by atoms with van der Waals surface area (Å²) in [7, 11) is 0. The van der Waals surface area contributed by atoms with Crippen molar-refractivity contribution in [1.29, 1.82) is 0 Å². The fourth-order valence-electron chi connectivity index (χ4n) is 1.43. The van der Waals surface area contributed by atoms with Crippen LogP contribution in [0.25, 0.3) is 0 Å². The Morgan fingerprint density at radius 2 is 2.06 bits per heavy atom. The second-order valence-corrected chi connectivity index (χ2v) is 5.58. The summed E-state index contributed by atoms with van der Waals surface area (Å²) in [5, 5.41) is 10.1. The molecule has 1 unspecified atom stereocenters. The van der Waals surface area contributed by atoms with Gasteiger partial charge in [0.15, 0.2) is 5.78 Å². The molecule has 0 aromatic heterocycles. The van der Waals surface area contributed by atoms with Crippen molar-refractivity contribution in [2.45, 2.75) is 33.3 Å². The van der Waals surface area contributed by atoms with Crippen LogP contribution in [0.15, 0.2) is 18.2 Å².